The van der Waals surface area contributed by atoms with Gasteiger partial charge in [-0.15, -0.1) is 5.10 Å². The van der Waals surface area contributed by atoms with Crippen molar-refractivity contribution in [3.05, 3.63) is 53.6 Å². The average Bonchev–Trinajstić information content (AvgIpc) is 3.46. The summed E-state index contributed by atoms with van der Waals surface area (Å²) in [5.74, 6) is 1.60. The minimum atomic E-state index is 0.153. The summed E-state index contributed by atoms with van der Waals surface area (Å²) in [6.07, 6.45) is 2.24. The number of fused-ring (bicyclic) bond motifs is 1. The maximum absolute atomic E-state index is 6.57. The van der Waals surface area contributed by atoms with Crippen molar-refractivity contribution in [1.29, 1.82) is 0 Å². The molecule has 2 aromatic heterocycles. The highest BCUT2D eigenvalue weighted by Gasteiger charge is 2.22. The molecule has 1 aliphatic rings. The molecule has 32 heavy (non-hydrogen) atoms. The van der Waals surface area contributed by atoms with Crippen LogP contribution in [-0.2, 0) is 4.74 Å². The zero-order valence-corrected chi connectivity index (χ0v) is 18.3. The van der Waals surface area contributed by atoms with Gasteiger partial charge in [0.15, 0.2) is 5.65 Å². The SMILES string of the molecule is COc1ccccc1-c1nc(NC[C@@H]2CCCO2)nc2nn(-c3ccc(Cl)cc3)c(N)c12. The van der Waals surface area contributed by atoms with E-state index < -0.39 is 0 Å². The van der Waals surface area contributed by atoms with Gasteiger partial charge in [0.25, 0.3) is 0 Å². The number of anilines is 2. The minimum Gasteiger partial charge on any atom is -0.496 e. The Hall–Kier alpha value is -3.36. The summed E-state index contributed by atoms with van der Waals surface area (Å²) in [6, 6.07) is 15.0. The number of methoxy groups -OCH3 is 1. The lowest BCUT2D eigenvalue weighted by Crippen LogP contribution is -2.19. The highest BCUT2D eigenvalue weighted by molar-refractivity contribution is 6.30. The van der Waals surface area contributed by atoms with E-state index in [9.17, 15) is 0 Å². The third-order valence-corrected chi connectivity index (χ3v) is 5.77. The van der Waals surface area contributed by atoms with Crippen molar-refractivity contribution in [2.45, 2.75) is 18.9 Å². The van der Waals surface area contributed by atoms with Gasteiger partial charge in [0.05, 0.1) is 30.0 Å². The number of nitrogens with zero attached hydrogens (tertiary/aromatic N) is 4. The van der Waals surface area contributed by atoms with E-state index in [1.807, 2.05) is 36.4 Å². The highest BCUT2D eigenvalue weighted by atomic mass is 35.5. The standard InChI is InChI=1S/C23H23ClN6O2/c1-31-18-7-3-2-6-17(18)20-19-21(25)30(15-10-8-14(24)9-11-15)29-22(19)28-23(27-20)26-13-16-5-4-12-32-16/h2-3,6-11,16H,4-5,12-13,25H2,1H3,(H,26,28,29)/t16-/m0/s1. The van der Waals surface area contributed by atoms with E-state index in [-0.39, 0.29) is 6.10 Å². The Morgan fingerprint density at radius 3 is 2.75 bits per heavy atom. The number of para-hydroxylation sites is 1. The van der Waals surface area contributed by atoms with Gasteiger partial charge in [-0.25, -0.2) is 9.67 Å². The Labute approximate surface area is 190 Å². The van der Waals surface area contributed by atoms with E-state index in [0.29, 0.717) is 45.8 Å². The van der Waals surface area contributed by atoms with Gasteiger partial charge in [-0.05, 0) is 49.2 Å². The van der Waals surface area contributed by atoms with Gasteiger partial charge in [0.1, 0.15) is 11.6 Å². The molecule has 0 radical (unpaired) electrons. The van der Waals surface area contributed by atoms with Crippen LogP contribution in [0.2, 0.25) is 5.02 Å². The maximum atomic E-state index is 6.57. The maximum Gasteiger partial charge on any atom is 0.225 e. The van der Waals surface area contributed by atoms with E-state index in [4.69, 9.17) is 31.8 Å². The summed E-state index contributed by atoms with van der Waals surface area (Å²) in [4.78, 5) is 9.46. The first-order valence-electron chi connectivity index (χ1n) is 10.4. The summed E-state index contributed by atoms with van der Waals surface area (Å²) < 4.78 is 13.0. The molecule has 4 aromatic rings. The summed E-state index contributed by atoms with van der Waals surface area (Å²) in [5.41, 5.74) is 9.30. The molecular formula is C23H23ClN6O2. The van der Waals surface area contributed by atoms with Crippen molar-refractivity contribution in [1.82, 2.24) is 19.7 Å². The molecule has 0 aliphatic carbocycles. The Balaban J connectivity index is 1.66. The smallest absolute Gasteiger partial charge is 0.225 e. The van der Waals surface area contributed by atoms with Gasteiger partial charge >= 0.3 is 0 Å². The molecule has 1 fully saturated rings. The fourth-order valence-corrected chi connectivity index (χ4v) is 4.04. The van der Waals surface area contributed by atoms with Gasteiger partial charge in [0, 0.05) is 23.7 Å². The molecule has 0 bridgehead atoms. The number of aromatic nitrogens is 4. The van der Waals surface area contributed by atoms with Crippen LogP contribution in [0.25, 0.3) is 28.0 Å². The van der Waals surface area contributed by atoms with Crippen molar-refractivity contribution in [2.75, 3.05) is 31.3 Å². The number of hydrogen-bond acceptors (Lipinski definition) is 7. The fourth-order valence-electron chi connectivity index (χ4n) is 3.92. The first kappa shape index (κ1) is 20.5. The molecule has 0 unspecified atom stereocenters. The number of ether oxygens (including phenoxy) is 2. The Morgan fingerprint density at radius 2 is 2.00 bits per heavy atom. The first-order valence-corrected chi connectivity index (χ1v) is 10.8. The quantitative estimate of drug-likeness (QED) is 0.451. The molecule has 3 heterocycles. The van der Waals surface area contributed by atoms with Gasteiger partial charge < -0.3 is 20.5 Å². The van der Waals surface area contributed by atoms with Crippen LogP contribution in [0.1, 0.15) is 12.8 Å². The number of hydrogen-bond donors (Lipinski definition) is 2. The summed E-state index contributed by atoms with van der Waals surface area (Å²) >= 11 is 6.05. The van der Waals surface area contributed by atoms with Crippen LogP contribution in [0.5, 0.6) is 5.75 Å². The fraction of sp³-hybridized carbons (Fsp3) is 0.261. The molecule has 0 amide bonds. The third-order valence-electron chi connectivity index (χ3n) is 5.51. The van der Waals surface area contributed by atoms with Crippen LogP contribution in [-0.4, -0.2) is 46.1 Å². The predicted octanol–water partition coefficient (Wildman–Crippen LogP) is 4.32. The van der Waals surface area contributed by atoms with Crippen LogP contribution in [0.3, 0.4) is 0 Å². The largest absolute Gasteiger partial charge is 0.496 e. The Kier molecular flexibility index (Phi) is 5.55. The van der Waals surface area contributed by atoms with Crippen molar-refractivity contribution in [2.24, 2.45) is 0 Å². The molecule has 3 N–H and O–H groups in total. The molecule has 2 aromatic carbocycles. The van der Waals surface area contributed by atoms with E-state index in [1.165, 1.54) is 0 Å². The lowest BCUT2D eigenvalue weighted by molar-refractivity contribution is 0.120. The summed E-state index contributed by atoms with van der Waals surface area (Å²) in [7, 11) is 1.63. The van der Waals surface area contributed by atoms with Crippen LogP contribution in [0.4, 0.5) is 11.8 Å². The first-order chi connectivity index (χ1) is 15.6. The lowest BCUT2D eigenvalue weighted by atomic mass is 10.1. The van der Waals surface area contributed by atoms with Gasteiger partial charge in [-0.3, -0.25) is 0 Å². The van der Waals surface area contributed by atoms with Crippen molar-refractivity contribution >= 4 is 34.4 Å². The molecule has 1 atom stereocenters. The van der Waals surface area contributed by atoms with Crippen LogP contribution >= 0.6 is 11.6 Å². The van der Waals surface area contributed by atoms with Crippen molar-refractivity contribution in [3.63, 3.8) is 0 Å². The summed E-state index contributed by atoms with van der Waals surface area (Å²) in [6.45, 7) is 1.42. The molecule has 5 rings (SSSR count). The van der Waals surface area contributed by atoms with Gasteiger partial charge in [0.2, 0.25) is 5.95 Å². The highest BCUT2D eigenvalue weighted by Crippen LogP contribution is 2.37. The normalized spacial score (nSPS) is 15.9. The number of nitrogen functional groups attached to an aromatic ring is 1. The van der Waals surface area contributed by atoms with Gasteiger partial charge in [-0.2, -0.15) is 4.98 Å². The molecule has 1 aliphatic heterocycles. The van der Waals surface area contributed by atoms with Crippen LogP contribution in [0, 0.1) is 0 Å². The third kappa shape index (κ3) is 3.83. The zero-order valence-electron chi connectivity index (χ0n) is 17.6. The lowest BCUT2D eigenvalue weighted by Gasteiger charge is -2.13. The van der Waals surface area contributed by atoms with Crippen LogP contribution in [0.15, 0.2) is 48.5 Å². The number of nitrogens with one attached hydrogen (secondary N) is 1. The second kappa shape index (κ2) is 8.64. The number of nitrogens with two attached hydrogens (primary N) is 1. The monoisotopic (exact) mass is 450 g/mol. The topological polar surface area (TPSA) is 100 Å². The molecule has 8 nitrogen and oxygen atoms in total. The minimum absolute atomic E-state index is 0.153. The van der Waals surface area contributed by atoms with Crippen molar-refractivity contribution in [3.8, 4) is 22.7 Å². The average molecular weight is 451 g/mol. The molecule has 9 heteroatoms. The van der Waals surface area contributed by atoms with E-state index >= 15 is 0 Å². The number of benzene rings is 2. The molecule has 0 saturated carbocycles. The Morgan fingerprint density at radius 1 is 1.19 bits per heavy atom. The molecule has 164 valence electrons. The van der Waals surface area contributed by atoms with E-state index in [2.05, 4.69) is 15.4 Å². The number of rotatable bonds is 6. The van der Waals surface area contributed by atoms with Gasteiger partial charge in [-0.1, -0.05) is 23.7 Å². The molecular weight excluding hydrogens is 428 g/mol. The zero-order chi connectivity index (χ0) is 22.1. The second-order valence-electron chi connectivity index (χ2n) is 7.58. The summed E-state index contributed by atoms with van der Waals surface area (Å²) in [5, 5.41) is 9.28. The Bertz CT molecular complexity index is 1250. The second-order valence-corrected chi connectivity index (χ2v) is 8.02. The predicted molar refractivity (Wildman–Crippen MR) is 126 cm³/mol. The molecule has 0 spiro atoms. The van der Waals surface area contributed by atoms with Crippen LogP contribution < -0.4 is 15.8 Å². The van der Waals surface area contributed by atoms with E-state index in [0.717, 1.165) is 30.7 Å². The molecule has 1 saturated heterocycles. The number of halogens is 1. The van der Waals surface area contributed by atoms with E-state index in [1.54, 1.807) is 23.9 Å². The van der Waals surface area contributed by atoms with Crippen molar-refractivity contribution < 1.29 is 9.47 Å².